The zero-order valence-electron chi connectivity index (χ0n) is 12.5. The van der Waals surface area contributed by atoms with E-state index in [0.717, 1.165) is 37.7 Å². The second-order valence-electron chi connectivity index (χ2n) is 6.04. The van der Waals surface area contributed by atoms with Crippen LogP contribution in [-0.2, 0) is 14.3 Å². The van der Waals surface area contributed by atoms with Crippen molar-refractivity contribution in [1.82, 2.24) is 0 Å². The van der Waals surface area contributed by atoms with Crippen LogP contribution in [0.2, 0.25) is 0 Å². The first-order valence-corrected chi connectivity index (χ1v) is 7.32. The van der Waals surface area contributed by atoms with Crippen molar-refractivity contribution < 1.29 is 14.3 Å². The number of unbranched alkanes of at least 4 members (excludes halogenated alkanes) is 1. The van der Waals surface area contributed by atoms with Crippen molar-refractivity contribution in [3.8, 4) is 0 Å². The molecule has 0 aromatic heterocycles. The molecule has 3 nitrogen and oxygen atoms in total. The number of rotatable bonds is 8. The van der Waals surface area contributed by atoms with E-state index < -0.39 is 0 Å². The highest BCUT2D eigenvalue weighted by Crippen LogP contribution is 2.29. The highest BCUT2D eigenvalue weighted by atomic mass is 16.5. The highest BCUT2D eigenvalue weighted by molar-refractivity contribution is 5.97. The quantitative estimate of drug-likeness (QED) is 0.495. The molecule has 0 radical (unpaired) electrons. The third-order valence-electron chi connectivity index (χ3n) is 3.60. The summed E-state index contributed by atoms with van der Waals surface area (Å²) in [5.74, 6) is 0.215. The first-order chi connectivity index (χ1) is 8.94. The Kier molecular flexibility index (Phi) is 6.26. The van der Waals surface area contributed by atoms with Crippen molar-refractivity contribution in [3.63, 3.8) is 0 Å². The van der Waals surface area contributed by atoms with E-state index in [1.165, 1.54) is 0 Å². The molecule has 0 aliphatic heterocycles. The van der Waals surface area contributed by atoms with Gasteiger partial charge in [-0.25, -0.2) is 0 Å². The molecule has 0 atom stereocenters. The third-order valence-corrected chi connectivity index (χ3v) is 3.60. The van der Waals surface area contributed by atoms with Crippen molar-refractivity contribution in [2.24, 2.45) is 5.41 Å². The van der Waals surface area contributed by atoms with Gasteiger partial charge in [-0.15, -0.1) is 0 Å². The zero-order chi connectivity index (χ0) is 14.3. The first kappa shape index (κ1) is 15.9. The van der Waals surface area contributed by atoms with E-state index in [0.29, 0.717) is 25.2 Å². The molecule has 0 amide bonds. The maximum Gasteiger partial charge on any atom is 0.306 e. The molecule has 0 N–H and O–H groups in total. The number of esters is 1. The van der Waals surface area contributed by atoms with Crippen LogP contribution in [0.3, 0.4) is 0 Å². The topological polar surface area (TPSA) is 43.4 Å². The molecule has 0 spiro atoms. The van der Waals surface area contributed by atoms with Crippen LogP contribution in [0.5, 0.6) is 0 Å². The van der Waals surface area contributed by atoms with Crippen LogP contribution in [0.15, 0.2) is 11.6 Å². The molecule has 1 aliphatic carbocycles. The molecule has 0 bridgehead atoms. The lowest BCUT2D eigenvalue weighted by Crippen LogP contribution is -2.19. The Morgan fingerprint density at radius 2 is 2.11 bits per heavy atom. The molecule has 1 aliphatic rings. The number of hydrogen-bond acceptors (Lipinski definition) is 3. The van der Waals surface area contributed by atoms with E-state index in [-0.39, 0.29) is 11.4 Å². The number of Topliss-reactive ketones (excluding diaryl/α,β-unsaturated/α-hetero) is 1. The van der Waals surface area contributed by atoms with Gasteiger partial charge in [0.15, 0.2) is 5.78 Å². The van der Waals surface area contributed by atoms with Gasteiger partial charge in [0.2, 0.25) is 0 Å². The van der Waals surface area contributed by atoms with Crippen LogP contribution >= 0.6 is 0 Å². The van der Waals surface area contributed by atoms with Gasteiger partial charge in [-0.3, -0.25) is 9.59 Å². The fourth-order valence-electron chi connectivity index (χ4n) is 2.50. The van der Waals surface area contributed by atoms with E-state index in [1.807, 2.05) is 6.92 Å². The molecule has 0 aromatic carbocycles. The van der Waals surface area contributed by atoms with E-state index in [1.54, 1.807) is 0 Å². The second-order valence-corrected chi connectivity index (χ2v) is 6.04. The van der Waals surface area contributed by atoms with Gasteiger partial charge in [0.05, 0.1) is 13.0 Å². The molecule has 0 heterocycles. The second kappa shape index (κ2) is 7.46. The Morgan fingerprint density at radius 1 is 1.37 bits per heavy atom. The van der Waals surface area contributed by atoms with Gasteiger partial charge < -0.3 is 4.74 Å². The molecule has 0 unspecified atom stereocenters. The summed E-state index contributed by atoms with van der Waals surface area (Å²) in [6.07, 6.45) is 8.14. The number of carbonyl (C=O) groups excluding carboxylic acids is 2. The summed E-state index contributed by atoms with van der Waals surface area (Å²) in [6, 6.07) is 0. The lowest BCUT2D eigenvalue weighted by Gasteiger charge is -2.23. The van der Waals surface area contributed by atoms with Gasteiger partial charge in [-0.2, -0.15) is 0 Å². The summed E-state index contributed by atoms with van der Waals surface area (Å²) in [5, 5.41) is 0. The number of carbonyl (C=O) groups is 2. The minimum Gasteiger partial charge on any atom is -0.466 e. The smallest absolute Gasteiger partial charge is 0.306 e. The Balaban J connectivity index is 2.20. The lowest BCUT2D eigenvalue weighted by molar-refractivity contribution is -0.145. The Labute approximate surface area is 116 Å². The van der Waals surface area contributed by atoms with Crippen molar-refractivity contribution in [3.05, 3.63) is 11.6 Å². The Hall–Kier alpha value is -1.12. The SMILES string of the molecule is CCOC(=O)CC(C)(C)CCCCC1=CCCC1=O. The summed E-state index contributed by atoms with van der Waals surface area (Å²) in [7, 11) is 0. The Morgan fingerprint density at radius 3 is 2.68 bits per heavy atom. The molecule has 3 heteroatoms. The van der Waals surface area contributed by atoms with Crippen molar-refractivity contribution in [1.29, 1.82) is 0 Å². The molecule has 108 valence electrons. The van der Waals surface area contributed by atoms with Gasteiger partial charge in [-0.05, 0) is 43.6 Å². The summed E-state index contributed by atoms with van der Waals surface area (Å²) in [4.78, 5) is 22.9. The molecular formula is C16H26O3. The van der Waals surface area contributed by atoms with Crippen LogP contribution in [0.1, 0.15) is 65.7 Å². The van der Waals surface area contributed by atoms with Gasteiger partial charge >= 0.3 is 5.97 Å². The number of allylic oxidation sites excluding steroid dienone is 2. The monoisotopic (exact) mass is 266 g/mol. The maximum absolute atomic E-state index is 11.5. The van der Waals surface area contributed by atoms with Crippen LogP contribution in [0.4, 0.5) is 0 Å². The van der Waals surface area contributed by atoms with Crippen LogP contribution in [0.25, 0.3) is 0 Å². The lowest BCUT2D eigenvalue weighted by atomic mass is 9.83. The summed E-state index contributed by atoms with van der Waals surface area (Å²) in [6.45, 7) is 6.48. The predicted octanol–water partition coefficient (Wildman–Crippen LogP) is 3.82. The number of ketones is 1. The summed E-state index contributed by atoms with van der Waals surface area (Å²) < 4.78 is 4.99. The minimum atomic E-state index is -0.110. The van der Waals surface area contributed by atoms with E-state index in [4.69, 9.17) is 4.74 Å². The first-order valence-electron chi connectivity index (χ1n) is 7.32. The molecule has 1 rings (SSSR count). The van der Waals surface area contributed by atoms with Crippen LogP contribution in [0, 0.1) is 5.41 Å². The predicted molar refractivity (Wildman–Crippen MR) is 75.8 cm³/mol. The zero-order valence-corrected chi connectivity index (χ0v) is 12.5. The van der Waals surface area contributed by atoms with Crippen LogP contribution < -0.4 is 0 Å². The summed E-state index contributed by atoms with van der Waals surface area (Å²) in [5.41, 5.74) is 1.00. The van der Waals surface area contributed by atoms with Crippen LogP contribution in [-0.4, -0.2) is 18.4 Å². The molecular weight excluding hydrogens is 240 g/mol. The third kappa shape index (κ3) is 6.04. The Bertz CT molecular complexity index is 353. The van der Waals surface area contributed by atoms with E-state index in [9.17, 15) is 9.59 Å². The summed E-state index contributed by atoms with van der Waals surface area (Å²) >= 11 is 0. The van der Waals surface area contributed by atoms with Gasteiger partial charge in [0.1, 0.15) is 0 Å². The molecule has 0 fully saturated rings. The number of ether oxygens (including phenoxy) is 1. The van der Waals surface area contributed by atoms with E-state index >= 15 is 0 Å². The van der Waals surface area contributed by atoms with E-state index in [2.05, 4.69) is 19.9 Å². The van der Waals surface area contributed by atoms with Gasteiger partial charge in [0, 0.05) is 6.42 Å². The molecule has 19 heavy (non-hydrogen) atoms. The largest absolute Gasteiger partial charge is 0.466 e. The molecule has 0 saturated heterocycles. The van der Waals surface area contributed by atoms with Gasteiger partial charge in [-0.1, -0.05) is 26.3 Å². The van der Waals surface area contributed by atoms with Gasteiger partial charge in [0.25, 0.3) is 0 Å². The molecule has 0 aromatic rings. The normalized spacial score (nSPS) is 15.5. The standard InChI is InChI=1S/C16H26O3/c1-4-19-15(18)12-16(2,3)11-6-5-8-13-9-7-10-14(13)17/h9H,4-8,10-12H2,1-3H3. The molecule has 0 saturated carbocycles. The fraction of sp³-hybridized carbons (Fsp3) is 0.750. The van der Waals surface area contributed by atoms with Crippen molar-refractivity contribution in [2.45, 2.75) is 65.7 Å². The maximum atomic E-state index is 11.5. The number of hydrogen-bond donors (Lipinski definition) is 0. The highest BCUT2D eigenvalue weighted by Gasteiger charge is 2.22. The minimum absolute atomic E-state index is 0.0136. The average Bonchev–Trinajstić information content (AvgIpc) is 2.70. The van der Waals surface area contributed by atoms with Crippen molar-refractivity contribution >= 4 is 11.8 Å². The van der Waals surface area contributed by atoms with Crippen molar-refractivity contribution in [2.75, 3.05) is 6.61 Å². The average molecular weight is 266 g/mol. The fourth-order valence-corrected chi connectivity index (χ4v) is 2.50.